The Bertz CT molecular complexity index is 2670. The van der Waals surface area contributed by atoms with E-state index >= 15 is 0 Å². The van der Waals surface area contributed by atoms with Gasteiger partial charge in [-0.3, -0.25) is 9.97 Å². The van der Waals surface area contributed by atoms with E-state index in [4.69, 9.17) is 4.98 Å². The Balaban J connectivity index is 1.19. The number of hydrogen-bond acceptors (Lipinski definition) is 4. The molecule has 1 aliphatic rings. The van der Waals surface area contributed by atoms with Crippen molar-refractivity contribution in [3.05, 3.63) is 182 Å². The molecule has 0 atom stereocenters. The molecule has 0 aliphatic heterocycles. The van der Waals surface area contributed by atoms with Crippen molar-refractivity contribution >= 4 is 38.6 Å². The number of pyridine rings is 3. The molecule has 4 nitrogen and oxygen atoms in total. The lowest BCUT2D eigenvalue weighted by Gasteiger charge is -2.28. The topological polar surface area (TPSA) is 41.9 Å². The second-order valence-electron chi connectivity index (χ2n) is 12.9. The lowest BCUT2D eigenvalue weighted by molar-refractivity contribution is 1.22. The number of nitrogens with zero attached hydrogens (tertiary/aromatic N) is 4. The van der Waals surface area contributed by atoms with Crippen molar-refractivity contribution in [1.29, 1.82) is 0 Å². The van der Waals surface area contributed by atoms with Crippen LogP contribution in [0.15, 0.2) is 182 Å². The molecule has 0 amide bonds. The molecular formula is C47H30N4. The Labute approximate surface area is 296 Å². The van der Waals surface area contributed by atoms with E-state index < -0.39 is 0 Å². The minimum absolute atomic E-state index is 0.803. The van der Waals surface area contributed by atoms with Crippen molar-refractivity contribution in [2.24, 2.45) is 0 Å². The molecule has 51 heavy (non-hydrogen) atoms. The van der Waals surface area contributed by atoms with Crippen molar-refractivity contribution < 1.29 is 0 Å². The van der Waals surface area contributed by atoms with Crippen LogP contribution in [0.2, 0.25) is 0 Å². The summed E-state index contributed by atoms with van der Waals surface area (Å²) >= 11 is 0. The van der Waals surface area contributed by atoms with Gasteiger partial charge in [-0.25, -0.2) is 4.98 Å². The molecule has 0 saturated heterocycles. The lowest BCUT2D eigenvalue weighted by Crippen LogP contribution is -2.10. The molecular weight excluding hydrogens is 621 g/mol. The summed E-state index contributed by atoms with van der Waals surface area (Å²) in [6.45, 7) is 0. The maximum Gasteiger partial charge on any atom is 0.0900 e. The van der Waals surface area contributed by atoms with Crippen LogP contribution in [0.4, 0.5) is 17.1 Å². The molecule has 0 saturated carbocycles. The van der Waals surface area contributed by atoms with Gasteiger partial charge in [0.05, 0.1) is 28.5 Å². The predicted octanol–water partition coefficient (Wildman–Crippen LogP) is 12.3. The van der Waals surface area contributed by atoms with Crippen molar-refractivity contribution in [2.45, 2.75) is 0 Å². The number of benzene rings is 6. The molecule has 1 aliphatic carbocycles. The van der Waals surface area contributed by atoms with Gasteiger partial charge in [-0.05, 0) is 116 Å². The van der Waals surface area contributed by atoms with Crippen LogP contribution >= 0.6 is 0 Å². The molecule has 0 spiro atoms. The quantitative estimate of drug-likeness (QED) is 0.180. The Morgan fingerprint density at radius 2 is 1.00 bits per heavy atom. The molecule has 0 bridgehead atoms. The zero-order valence-electron chi connectivity index (χ0n) is 27.6. The van der Waals surface area contributed by atoms with Crippen LogP contribution in [-0.4, -0.2) is 15.0 Å². The lowest BCUT2D eigenvalue weighted by atomic mass is 9.98. The average Bonchev–Trinajstić information content (AvgIpc) is 3.54. The molecule has 6 aromatic carbocycles. The normalized spacial score (nSPS) is 11.5. The summed E-state index contributed by atoms with van der Waals surface area (Å²) in [5.41, 5.74) is 13.8. The van der Waals surface area contributed by atoms with E-state index in [0.29, 0.717) is 0 Å². The fourth-order valence-electron chi connectivity index (χ4n) is 7.54. The Morgan fingerprint density at radius 3 is 1.73 bits per heavy atom. The molecule has 9 aromatic rings. The molecule has 4 heteroatoms. The van der Waals surface area contributed by atoms with Gasteiger partial charge >= 0.3 is 0 Å². The van der Waals surface area contributed by atoms with E-state index in [-0.39, 0.29) is 0 Å². The minimum Gasteiger partial charge on any atom is -0.310 e. The molecule has 238 valence electrons. The van der Waals surface area contributed by atoms with Gasteiger partial charge in [0, 0.05) is 29.2 Å². The van der Waals surface area contributed by atoms with Crippen molar-refractivity contribution in [2.75, 3.05) is 4.90 Å². The largest absolute Gasteiger partial charge is 0.310 e. The highest BCUT2D eigenvalue weighted by molar-refractivity contribution is 6.19. The Morgan fingerprint density at radius 1 is 0.373 bits per heavy atom. The van der Waals surface area contributed by atoms with Crippen LogP contribution in [-0.2, 0) is 0 Å². The van der Waals surface area contributed by atoms with E-state index in [1.807, 2.05) is 48.8 Å². The SMILES string of the molecule is c1ccc(-c2cc(-c3cccc(N(c4ccc5ccccc5c4)c4ccc5c6c(cccc46)-c4ccccc4-5)c3)cc(-c3ccccn3)n2)nc1. The second-order valence-corrected chi connectivity index (χ2v) is 12.9. The fraction of sp³-hybridized carbons (Fsp3) is 0. The summed E-state index contributed by atoms with van der Waals surface area (Å²) < 4.78 is 0. The number of rotatable bonds is 6. The summed E-state index contributed by atoms with van der Waals surface area (Å²) in [4.78, 5) is 16.7. The summed E-state index contributed by atoms with van der Waals surface area (Å²) in [6, 6.07) is 60.3. The van der Waals surface area contributed by atoms with Crippen LogP contribution in [0, 0.1) is 0 Å². The minimum atomic E-state index is 0.803. The van der Waals surface area contributed by atoms with Crippen molar-refractivity contribution in [3.8, 4) is 56.2 Å². The van der Waals surface area contributed by atoms with Crippen LogP contribution in [0.1, 0.15) is 0 Å². The van der Waals surface area contributed by atoms with Crippen LogP contribution in [0.25, 0.3) is 77.7 Å². The highest BCUT2D eigenvalue weighted by atomic mass is 15.1. The van der Waals surface area contributed by atoms with Gasteiger partial charge in [0.25, 0.3) is 0 Å². The van der Waals surface area contributed by atoms with Gasteiger partial charge in [0.1, 0.15) is 0 Å². The van der Waals surface area contributed by atoms with Gasteiger partial charge < -0.3 is 4.90 Å². The van der Waals surface area contributed by atoms with Gasteiger partial charge in [-0.1, -0.05) is 103 Å². The average molecular weight is 651 g/mol. The molecule has 0 fully saturated rings. The molecule has 3 aromatic heterocycles. The van der Waals surface area contributed by atoms with Crippen molar-refractivity contribution in [1.82, 2.24) is 15.0 Å². The third kappa shape index (κ3) is 4.96. The molecule has 0 unspecified atom stereocenters. The highest BCUT2D eigenvalue weighted by Crippen LogP contribution is 2.51. The number of aromatic nitrogens is 3. The summed E-state index contributed by atoms with van der Waals surface area (Å²) in [7, 11) is 0. The molecule has 10 rings (SSSR count). The first kappa shape index (κ1) is 29.0. The van der Waals surface area contributed by atoms with Crippen LogP contribution < -0.4 is 4.90 Å². The molecule has 0 N–H and O–H groups in total. The maximum atomic E-state index is 5.02. The summed E-state index contributed by atoms with van der Waals surface area (Å²) in [5.74, 6) is 0. The fourth-order valence-corrected chi connectivity index (χ4v) is 7.54. The first-order chi connectivity index (χ1) is 25.3. The first-order valence-corrected chi connectivity index (χ1v) is 17.2. The van der Waals surface area contributed by atoms with E-state index in [0.717, 1.165) is 51.0 Å². The second kappa shape index (κ2) is 11.9. The summed E-state index contributed by atoms with van der Waals surface area (Å²) in [6.07, 6.45) is 3.62. The van der Waals surface area contributed by atoms with E-state index in [1.54, 1.807) is 0 Å². The third-order valence-electron chi connectivity index (χ3n) is 9.87. The highest BCUT2D eigenvalue weighted by Gasteiger charge is 2.25. The number of hydrogen-bond donors (Lipinski definition) is 0. The van der Waals surface area contributed by atoms with E-state index in [2.05, 4.69) is 148 Å². The van der Waals surface area contributed by atoms with Crippen LogP contribution in [0.5, 0.6) is 0 Å². The smallest absolute Gasteiger partial charge is 0.0900 e. The number of fused-ring (bicyclic) bond motifs is 4. The third-order valence-corrected chi connectivity index (χ3v) is 9.87. The zero-order chi connectivity index (χ0) is 33.7. The van der Waals surface area contributed by atoms with Crippen molar-refractivity contribution in [3.63, 3.8) is 0 Å². The van der Waals surface area contributed by atoms with Gasteiger partial charge in [-0.2, -0.15) is 0 Å². The Kier molecular flexibility index (Phi) is 6.78. The predicted molar refractivity (Wildman–Crippen MR) is 210 cm³/mol. The number of anilines is 3. The maximum absolute atomic E-state index is 5.02. The van der Waals surface area contributed by atoms with Gasteiger partial charge in [0.15, 0.2) is 0 Å². The zero-order valence-corrected chi connectivity index (χ0v) is 27.6. The van der Waals surface area contributed by atoms with E-state index in [1.165, 1.54) is 43.8 Å². The molecule has 3 heterocycles. The standard InChI is InChI=1S/C47H30N4/c1-2-12-32-27-36(22-21-31(32)11-1)51(46-24-23-40-38-16-4-3-15-37(38)39-17-10-18-41(46)47(39)40)35-14-9-13-33(28-35)34-29-44(42-19-5-7-25-48-42)50-45(30-34)43-20-6-8-26-49-43/h1-30H. The first-order valence-electron chi connectivity index (χ1n) is 17.2. The summed E-state index contributed by atoms with van der Waals surface area (Å²) in [5, 5.41) is 4.93. The van der Waals surface area contributed by atoms with E-state index in [9.17, 15) is 0 Å². The van der Waals surface area contributed by atoms with Gasteiger partial charge in [0.2, 0.25) is 0 Å². The monoisotopic (exact) mass is 650 g/mol. The van der Waals surface area contributed by atoms with Crippen LogP contribution in [0.3, 0.4) is 0 Å². The molecule has 0 radical (unpaired) electrons. The Hall–Kier alpha value is -6.91. The van der Waals surface area contributed by atoms with Gasteiger partial charge in [-0.15, -0.1) is 0 Å².